The zero-order valence-corrected chi connectivity index (χ0v) is 23.0. The van der Waals surface area contributed by atoms with Crippen molar-refractivity contribution >= 4 is 18.0 Å². The molecule has 41 heavy (non-hydrogen) atoms. The number of carbonyl (C=O) groups is 3. The summed E-state index contributed by atoms with van der Waals surface area (Å²) in [6.45, 7) is 2.80. The Morgan fingerprint density at radius 1 is 0.976 bits per heavy atom. The van der Waals surface area contributed by atoms with Crippen LogP contribution in [0.5, 0.6) is 0 Å². The fourth-order valence-electron chi connectivity index (χ4n) is 6.36. The summed E-state index contributed by atoms with van der Waals surface area (Å²) in [7, 11) is 1.16. The average Bonchev–Trinajstić information content (AvgIpc) is 3.42. The predicted octanol–water partition coefficient (Wildman–Crippen LogP) is 5.13. The van der Waals surface area contributed by atoms with Crippen molar-refractivity contribution in [2.75, 3.05) is 20.2 Å². The summed E-state index contributed by atoms with van der Waals surface area (Å²) < 4.78 is 47.1. The lowest BCUT2D eigenvalue weighted by atomic mass is 9.81. The van der Waals surface area contributed by atoms with Gasteiger partial charge in [0.2, 0.25) is 0 Å². The quantitative estimate of drug-likeness (QED) is 0.487. The van der Waals surface area contributed by atoms with E-state index in [4.69, 9.17) is 4.74 Å². The Bertz CT molecular complexity index is 1380. The van der Waals surface area contributed by atoms with Gasteiger partial charge in [0.1, 0.15) is 11.9 Å². The first-order valence-corrected chi connectivity index (χ1v) is 13.8. The van der Waals surface area contributed by atoms with Gasteiger partial charge in [-0.15, -0.1) is 0 Å². The maximum Gasteiger partial charge on any atom is 0.337 e. The smallest absolute Gasteiger partial charge is 0.337 e. The van der Waals surface area contributed by atoms with E-state index in [1.165, 1.54) is 19.1 Å². The number of ether oxygens (including phenoxy) is 1. The third kappa shape index (κ3) is 5.81. The molecule has 0 spiro atoms. The van der Waals surface area contributed by atoms with Gasteiger partial charge in [0.25, 0.3) is 0 Å². The Labute approximate surface area is 236 Å². The fourth-order valence-corrected chi connectivity index (χ4v) is 6.36. The summed E-state index contributed by atoms with van der Waals surface area (Å²) in [6, 6.07) is 7.05. The molecule has 2 aliphatic heterocycles. The molecule has 2 fully saturated rings. The maximum atomic E-state index is 14.3. The van der Waals surface area contributed by atoms with Gasteiger partial charge in [0, 0.05) is 30.9 Å². The molecule has 0 bridgehead atoms. The Balaban J connectivity index is 1.28. The molecule has 2 aromatic carbocycles. The number of amides is 4. The minimum atomic E-state index is -1.32. The van der Waals surface area contributed by atoms with Crippen LogP contribution < -0.4 is 10.6 Å². The Kier molecular flexibility index (Phi) is 8.35. The van der Waals surface area contributed by atoms with E-state index in [0.717, 1.165) is 61.9 Å². The summed E-state index contributed by atoms with van der Waals surface area (Å²) in [5.74, 6) is -3.06. The zero-order chi connectivity index (χ0) is 29.3. The molecule has 1 aliphatic carbocycles. The number of methoxy groups -OCH3 is 1. The minimum Gasteiger partial charge on any atom is -0.466 e. The van der Waals surface area contributed by atoms with Crippen molar-refractivity contribution in [2.24, 2.45) is 0 Å². The summed E-state index contributed by atoms with van der Waals surface area (Å²) in [5.41, 5.74) is 0.906. The van der Waals surface area contributed by atoms with Gasteiger partial charge in [-0.3, -0.25) is 4.90 Å². The second kappa shape index (κ2) is 11.9. The highest BCUT2D eigenvalue weighted by Gasteiger charge is 2.43. The lowest BCUT2D eigenvalue weighted by Crippen LogP contribution is -2.56. The van der Waals surface area contributed by atoms with Gasteiger partial charge < -0.3 is 15.4 Å². The number of halogens is 3. The number of urea groups is 2. The molecule has 1 saturated carbocycles. The molecule has 2 N–H and O–H groups in total. The van der Waals surface area contributed by atoms with Crippen LogP contribution in [0, 0.1) is 17.5 Å². The van der Waals surface area contributed by atoms with E-state index >= 15 is 0 Å². The molecule has 2 atom stereocenters. The van der Waals surface area contributed by atoms with Gasteiger partial charge in [-0.25, -0.2) is 32.5 Å². The summed E-state index contributed by atoms with van der Waals surface area (Å²) in [6.07, 6.45) is 4.25. The molecular formula is C30H33F3N4O4. The van der Waals surface area contributed by atoms with Crippen LogP contribution in [0.25, 0.3) is 0 Å². The Morgan fingerprint density at radius 3 is 2.39 bits per heavy atom. The third-order valence-corrected chi connectivity index (χ3v) is 8.44. The average molecular weight is 571 g/mol. The van der Waals surface area contributed by atoms with Crippen LogP contribution in [-0.4, -0.2) is 60.1 Å². The minimum absolute atomic E-state index is 0.0494. The molecule has 218 valence electrons. The van der Waals surface area contributed by atoms with Crippen molar-refractivity contribution in [3.63, 3.8) is 0 Å². The van der Waals surface area contributed by atoms with Crippen molar-refractivity contribution in [1.29, 1.82) is 0 Å². The van der Waals surface area contributed by atoms with Crippen molar-refractivity contribution < 1.29 is 32.3 Å². The van der Waals surface area contributed by atoms with Gasteiger partial charge in [-0.2, -0.15) is 0 Å². The van der Waals surface area contributed by atoms with Crippen molar-refractivity contribution in [1.82, 2.24) is 20.4 Å². The predicted molar refractivity (Wildman–Crippen MR) is 144 cm³/mol. The number of esters is 1. The van der Waals surface area contributed by atoms with Crippen LogP contribution in [0.15, 0.2) is 53.7 Å². The van der Waals surface area contributed by atoms with Gasteiger partial charge in [0.05, 0.1) is 12.7 Å². The molecule has 3 aliphatic rings. The molecule has 4 amide bonds. The van der Waals surface area contributed by atoms with Gasteiger partial charge in [-0.1, -0.05) is 24.3 Å². The molecule has 1 saturated heterocycles. The number of imide groups is 1. The van der Waals surface area contributed by atoms with E-state index < -0.39 is 35.7 Å². The molecule has 8 nitrogen and oxygen atoms in total. The molecule has 5 rings (SSSR count). The number of hydrogen-bond acceptors (Lipinski definition) is 5. The van der Waals surface area contributed by atoms with Crippen molar-refractivity contribution in [3.05, 3.63) is 82.3 Å². The third-order valence-electron chi connectivity index (χ3n) is 8.44. The SMILES string of the molecule is COC(=O)C1=C(C)NC(=O)N(C(=O)N[C@@H]2CCN([C@H]3CC[C@H](c4ccccc4F)CC3)C2)[C@H]1c1ccc(F)c(F)c1. The number of benzene rings is 2. The normalized spacial score (nSPS) is 25.2. The largest absolute Gasteiger partial charge is 0.466 e. The maximum absolute atomic E-state index is 14.3. The van der Waals surface area contributed by atoms with E-state index in [9.17, 15) is 27.6 Å². The number of nitrogens with zero attached hydrogens (tertiary/aromatic N) is 2. The molecule has 0 aromatic heterocycles. The standard InChI is InChI=1S/C30H33F3N4O4/c1-17-26(28(38)41-2)27(19-9-12-24(32)25(33)15-19)37(29(39)34-17)30(40)35-20-13-14-36(16-20)21-10-7-18(8-11-21)22-5-3-4-6-23(22)31/h3-6,9,12,15,18,20-21,27H,7-8,10-11,13-14,16H2,1-2H3,(H,34,39)(H,35,40)/t18-,20-,21-,27+/m1/s1. The first-order valence-electron chi connectivity index (χ1n) is 13.8. The zero-order valence-electron chi connectivity index (χ0n) is 23.0. The second-order valence-electron chi connectivity index (χ2n) is 10.9. The number of nitrogens with one attached hydrogen (secondary N) is 2. The first kappa shape index (κ1) is 28.7. The van der Waals surface area contributed by atoms with Crippen LogP contribution in [0.2, 0.25) is 0 Å². The van der Waals surface area contributed by atoms with Gasteiger partial charge in [0.15, 0.2) is 11.6 Å². The number of allylic oxidation sites excluding steroid dienone is 1. The van der Waals surface area contributed by atoms with Crippen LogP contribution >= 0.6 is 0 Å². The van der Waals surface area contributed by atoms with Crippen LogP contribution in [0.4, 0.5) is 22.8 Å². The van der Waals surface area contributed by atoms with E-state index in [-0.39, 0.29) is 34.6 Å². The second-order valence-corrected chi connectivity index (χ2v) is 10.9. The van der Waals surface area contributed by atoms with Crippen molar-refractivity contribution in [3.8, 4) is 0 Å². The molecule has 2 aromatic rings. The first-order chi connectivity index (χ1) is 19.7. The van der Waals surface area contributed by atoms with E-state index in [0.29, 0.717) is 19.0 Å². The molecule has 0 unspecified atom stereocenters. The summed E-state index contributed by atoms with van der Waals surface area (Å²) in [5, 5.41) is 5.41. The highest BCUT2D eigenvalue weighted by molar-refractivity contribution is 6.01. The molecule has 0 radical (unpaired) electrons. The van der Waals surface area contributed by atoms with Gasteiger partial charge >= 0.3 is 18.0 Å². The highest BCUT2D eigenvalue weighted by atomic mass is 19.2. The summed E-state index contributed by atoms with van der Waals surface area (Å²) >= 11 is 0. The topological polar surface area (TPSA) is 91.0 Å². The molecule has 11 heteroatoms. The fraction of sp³-hybridized carbons (Fsp3) is 0.433. The van der Waals surface area contributed by atoms with Crippen molar-refractivity contribution in [2.45, 2.75) is 63.1 Å². The Morgan fingerprint density at radius 2 is 1.71 bits per heavy atom. The van der Waals surface area contributed by atoms with Crippen LogP contribution in [-0.2, 0) is 9.53 Å². The van der Waals surface area contributed by atoms with Crippen LogP contribution in [0.1, 0.15) is 62.1 Å². The van der Waals surface area contributed by atoms with E-state index in [2.05, 4.69) is 15.5 Å². The lowest BCUT2D eigenvalue weighted by Gasteiger charge is -2.37. The monoisotopic (exact) mass is 570 g/mol. The molecule has 2 heterocycles. The number of carbonyl (C=O) groups excluding carboxylic acids is 3. The van der Waals surface area contributed by atoms with Crippen LogP contribution in [0.3, 0.4) is 0 Å². The van der Waals surface area contributed by atoms with E-state index in [1.54, 1.807) is 6.07 Å². The van der Waals surface area contributed by atoms with Gasteiger partial charge in [-0.05, 0) is 74.3 Å². The lowest BCUT2D eigenvalue weighted by molar-refractivity contribution is -0.136. The number of rotatable bonds is 5. The Hall–Kier alpha value is -3.86. The number of likely N-dealkylation sites (tertiary alicyclic amines) is 1. The highest BCUT2D eigenvalue weighted by Crippen LogP contribution is 2.38. The summed E-state index contributed by atoms with van der Waals surface area (Å²) in [4.78, 5) is 42.4. The molecular weight excluding hydrogens is 537 g/mol. The number of hydrogen-bond donors (Lipinski definition) is 2. The van der Waals surface area contributed by atoms with E-state index in [1.807, 2.05) is 12.1 Å².